The predicted molar refractivity (Wildman–Crippen MR) is 120 cm³/mol. The van der Waals surface area contributed by atoms with Crippen molar-refractivity contribution in [2.75, 3.05) is 4.72 Å². The first-order valence-electron chi connectivity index (χ1n) is 9.73. The topological polar surface area (TPSA) is 75.3 Å². The molecule has 30 heavy (non-hydrogen) atoms. The first-order valence-corrected chi connectivity index (χ1v) is 11.2. The molecule has 0 aromatic heterocycles. The van der Waals surface area contributed by atoms with Crippen molar-refractivity contribution in [1.82, 2.24) is 5.32 Å². The zero-order chi connectivity index (χ0) is 21.9. The van der Waals surface area contributed by atoms with Crippen molar-refractivity contribution in [2.24, 2.45) is 0 Å². The smallest absolute Gasteiger partial charge is 0.261 e. The summed E-state index contributed by atoms with van der Waals surface area (Å²) in [6, 6.07) is 19.0. The number of sulfonamides is 1. The molecule has 0 spiro atoms. The highest BCUT2D eigenvalue weighted by Crippen LogP contribution is 2.20. The Balaban J connectivity index is 1.75. The van der Waals surface area contributed by atoms with Crippen LogP contribution in [0.3, 0.4) is 0 Å². The van der Waals surface area contributed by atoms with Crippen LogP contribution in [-0.4, -0.2) is 14.3 Å². The van der Waals surface area contributed by atoms with Gasteiger partial charge in [-0.05, 0) is 74.7 Å². The summed E-state index contributed by atoms with van der Waals surface area (Å²) in [5.41, 5.74) is 5.08. The van der Waals surface area contributed by atoms with Gasteiger partial charge in [-0.1, -0.05) is 42.0 Å². The summed E-state index contributed by atoms with van der Waals surface area (Å²) in [7, 11) is -3.73. The maximum Gasteiger partial charge on any atom is 0.261 e. The standard InChI is InChI=1S/C24H26N2O3S/c1-16-8-12-23(13-9-16)30(28,29)26-22-7-5-6-21(15-22)24(27)25-19(4)20-11-10-17(2)18(3)14-20/h5-15,19,26H,1-4H3,(H,25,27). The van der Waals surface area contributed by atoms with Crippen molar-refractivity contribution in [3.05, 3.63) is 94.5 Å². The van der Waals surface area contributed by atoms with Crippen molar-refractivity contribution < 1.29 is 13.2 Å². The van der Waals surface area contributed by atoms with E-state index >= 15 is 0 Å². The SMILES string of the molecule is Cc1ccc(S(=O)(=O)Nc2cccc(C(=O)NC(C)c3ccc(C)c(C)c3)c2)cc1. The molecule has 3 aromatic carbocycles. The van der Waals surface area contributed by atoms with Gasteiger partial charge in [-0.3, -0.25) is 9.52 Å². The van der Waals surface area contributed by atoms with Crippen LogP contribution < -0.4 is 10.0 Å². The van der Waals surface area contributed by atoms with Gasteiger partial charge in [0.15, 0.2) is 0 Å². The molecule has 0 aliphatic carbocycles. The number of hydrogen-bond donors (Lipinski definition) is 2. The van der Waals surface area contributed by atoms with E-state index in [1.54, 1.807) is 42.5 Å². The van der Waals surface area contributed by atoms with Crippen molar-refractivity contribution >= 4 is 21.6 Å². The second-order valence-electron chi connectivity index (χ2n) is 7.54. The van der Waals surface area contributed by atoms with Crippen molar-refractivity contribution in [3.8, 4) is 0 Å². The van der Waals surface area contributed by atoms with E-state index in [4.69, 9.17) is 0 Å². The van der Waals surface area contributed by atoms with E-state index < -0.39 is 10.0 Å². The highest BCUT2D eigenvalue weighted by atomic mass is 32.2. The normalized spacial score (nSPS) is 12.3. The molecule has 0 radical (unpaired) electrons. The van der Waals surface area contributed by atoms with E-state index in [0.717, 1.165) is 11.1 Å². The van der Waals surface area contributed by atoms with E-state index in [2.05, 4.69) is 16.1 Å². The maximum atomic E-state index is 12.7. The summed E-state index contributed by atoms with van der Waals surface area (Å²) in [6.45, 7) is 7.90. The average Bonchev–Trinajstić information content (AvgIpc) is 2.70. The average molecular weight is 423 g/mol. The number of aryl methyl sites for hydroxylation is 3. The predicted octanol–water partition coefficient (Wildman–Crippen LogP) is 4.90. The van der Waals surface area contributed by atoms with Gasteiger partial charge in [-0.15, -0.1) is 0 Å². The molecule has 1 amide bonds. The quantitative estimate of drug-likeness (QED) is 0.593. The first kappa shape index (κ1) is 21.6. The zero-order valence-electron chi connectivity index (χ0n) is 17.6. The molecule has 0 fully saturated rings. The Kier molecular flexibility index (Phi) is 6.27. The molecule has 3 rings (SSSR count). The Morgan fingerprint density at radius 3 is 2.23 bits per heavy atom. The summed E-state index contributed by atoms with van der Waals surface area (Å²) >= 11 is 0. The number of benzene rings is 3. The van der Waals surface area contributed by atoms with Gasteiger partial charge in [0.1, 0.15) is 0 Å². The van der Waals surface area contributed by atoms with Crippen LogP contribution in [0.2, 0.25) is 0 Å². The van der Waals surface area contributed by atoms with Crippen LogP contribution in [0.4, 0.5) is 5.69 Å². The molecule has 3 aromatic rings. The Morgan fingerprint density at radius 1 is 0.867 bits per heavy atom. The van der Waals surface area contributed by atoms with E-state index in [1.807, 2.05) is 39.8 Å². The van der Waals surface area contributed by atoms with Gasteiger partial charge in [0, 0.05) is 11.3 Å². The Morgan fingerprint density at radius 2 is 1.57 bits per heavy atom. The van der Waals surface area contributed by atoms with Crippen LogP contribution in [0, 0.1) is 20.8 Å². The summed E-state index contributed by atoms with van der Waals surface area (Å²) < 4.78 is 27.7. The number of hydrogen-bond acceptors (Lipinski definition) is 3. The summed E-state index contributed by atoms with van der Waals surface area (Å²) in [5.74, 6) is -0.267. The van der Waals surface area contributed by atoms with Crippen LogP contribution in [0.25, 0.3) is 0 Å². The fourth-order valence-corrected chi connectivity index (χ4v) is 4.10. The van der Waals surface area contributed by atoms with Crippen molar-refractivity contribution in [3.63, 3.8) is 0 Å². The summed E-state index contributed by atoms with van der Waals surface area (Å²) in [5, 5.41) is 2.97. The Labute approximate surface area is 178 Å². The molecule has 5 nitrogen and oxygen atoms in total. The van der Waals surface area contributed by atoms with Crippen LogP contribution >= 0.6 is 0 Å². The molecule has 0 heterocycles. The van der Waals surface area contributed by atoms with Crippen LogP contribution in [0.15, 0.2) is 71.6 Å². The molecule has 2 N–H and O–H groups in total. The first-order chi connectivity index (χ1) is 14.2. The highest BCUT2D eigenvalue weighted by molar-refractivity contribution is 7.92. The van der Waals surface area contributed by atoms with Gasteiger partial charge >= 0.3 is 0 Å². The third-order valence-corrected chi connectivity index (χ3v) is 6.48. The molecule has 156 valence electrons. The molecule has 0 aliphatic heterocycles. The third kappa shape index (κ3) is 5.07. The van der Waals surface area contributed by atoms with Gasteiger partial charge in [-0.25, -0.2) is 8.42 Å². The van der Waals surface area contributed by atoms with Gasteiger partial charge < -0.3 is 5.32 Å². The number of anilines is 1. The minimum absolute atomic E-state index is 0.173. The molecule has 0 bridgehead atoms. The summed E-state index contributed by atoms with van der Waals surface area (Å²) in [6.07, 6.45) is 0. The molecule has 6 heteroatoms. The molecule has 0 aliphatic rings. The molecular weight excluding hydrogens is 396 g/mol. The molecule has 0 saturated heterocycles. The lowest BCUT2D eigenvalue weighted by molar-refractivity contribution is 0.0940. The Hall–Kier alpha value is -3.12. The minimum atomic E-state index is -3.73. The van der Waals surface area contributed by atoms with Gasteiger partial charge in [0.25, 0.3) is 15.9 Å². The van der Waals surface area contributed by atoms with E-state index in [1.165, 1.54) is 17.2 Å². The highest BCUT2D eigenvalue weighted by Gasteiger charge is 2.16. The number of carbonyl (C=O) groups is 1. The molecule has 0 saturated carbocycles. The largest absolute Gasteiger partial charge is 0.346 e. The van der Waals surface area contributed by atoms with Gasteiger partial charge in [0.2, 0.25) is 0 Å². The molecule has 1 unspecified atom stereocenters. The van der Waals surface area contributed by atoms with Crippen molar-refractivity contribution in [2.45, 2.75) is 38.6 Å². The lowest BCUT2D eigenvalue weighted by Gasteiger charge is -2.16. The molecular formula is C24H26N2O3S. The lowest BCUT2D eigenvalue weighted by atomic mass is 10.0. The second kappa shape index (κ2) is 8.71. The van der Waals surface area contributed by atoms with E-state index in [-0.39, 0.29) is 16.8 Å². The zero-order valence-corrected chi connectivity index (χ0v) is 18.4. The van der Waals surface area contributed by atoms with Crippen LogP contribution in [-0.2, 0) is 10.0 Å². The fraction of sp³-hybridized carbons (Fsp3) is 0.208. The molecule has 1 atom stereocenters. The number of carbonyl (C=O) groups excluding carboxylic acids is 1. The second-order valence-corrected chi connectivity index (χ2v) is 9.22. The number of amides is 1. The fourth-order valence-electron chi connectivity index (χ4n) is 3.05. The monoisotopic (exact) mass is 422 g/mol. The van der Waals surface area contributed by atoms with Gasteiger partial charge in [-0.2, -0.15) is 0 Å². The van der Waals surface area contributed by atoms with Crippen LogP contribution in [0.5, 0.6) is 0 Å². The van der Waals surface area contributed by atoms with E-state index in [0.29, 0.717) is 11.3 Å². The maximum absolute atomic E-state index is 12.7. The number of rotatable bonds is 6. The van der Waals surface area contributed by atoms with E-state index in [9.17, 15) is 13.2 Å². The van der Waals surface area contributed by atoms with Crippen LogP contribution in [0.1, 0.15) is 45.6 Å². The lowest BCUT2D eigenvalue weighted by Crippen LogP contribution is -2.26. The summed E-state index contributed by atoms with van der Waals surface area (Å²) in [4.78, 5) is 12.9. The third-order valence-electron chi connectivity index (χ3n) is 5.09. The van der Waals surface area contributed by atoms with Crippen molar-refractivity contribution in [1.29, 1.82) is 0 Å². The minimum Gasteiger partial charge on any atom is -0.346 e. The Bertz CT molecular complexity index is 1170. The van der Waals surface area contributed by atoms with Gasteiger partial charge in [0.05, 0.1) is 10.9 Å². The number of nitrogens with one attached hydrogen (secondary N) is 2.